The SMILES string of the molecule is CCNC(=NCCc1cccc(C(=O)N(C)C)c1)N1CCN(CC(=O)N2CCCC2)CC1.I. The molecule has 33 heavy (non-hydrogen) atoms. The van der Waals surface area contributed by atoms with Crippen LogP contribution in [-0.2, 0) is 11.2 Å². The summed E-state index contributed by atoms with van der Waals surface area (Å²) in [6.45, 7) is 9.41. The fraction of sp³-hybridized carbons (Fsp3) is 0.625. The number of carbonyl (C=O) groups excluding carboxylic acids is 2. The van der Waals surface area contributed by atoms with Gasteiger partial charge in [-0.15, -0.1) is 24.0 Å². The molecule has 0 aromatic heterocycles. The summed E-state index contributed by atoms with van der Waals surface area (Å²) in [5.41, 5.74) is 1.82. The molecule has 0 spiro atoms. The number of amides is 2. The minimum absolute atomic E-state index is 0. The Bertz CT molecular complexity index is 802. The van der Waals surface area contributed by atoms with E-state index in [0.29, 0.717) is 18.7 Å². The van der Waals surface area contributed by atoms with Gasteiger partial charge in [0.1, 0.15) is 0 Å². The van der Waals surface area contributed by atoms with Gasteiger partial charge in [0.2, 0.25) is 5.91 Å². The summed E-state index contributed by atoms with van der Waals surface area (Å²) in [4.78, 5) is 37.6. The maximum atomic E-state index is 12.4. The number of rotatable bonds is 7. The van der Waals surface area contributed by atoms with E-state index in [4.69, 9.17) is 4.99 Å². The van der Waals surface area contributed by atoms with Gasteiger partial charge < -0.3 is 20.0 Å². The largest absolute Gasteiger partial charge is 0.357 e. The first kappa shape index (κ1) is 27.4. The normalized spacial score (nSPS) is 17.0. The van der Waals surface area contributed by atoms with Crippen LogP contribution in [0.15, 0.2) is 29.3 Å². The van der Waals surface area contributed by atoms with Crippen molar-refractivity contribution in [3.8, 4) is 0 Å². The highest BCUT2D eigenvalue weighted by Crippen LogP contribution is 2.11. The molecule has 0 bridgehead atoms. The second-order valence-electron chi connectivity index (χ2n) is 8.74. The Balaban J connectivity index is 0.00000385. The molecule has 8 nitrogen and oxygen atoms in total. The molecule has 2 aliphatic rings. The summed E-state index contributed by atoms with van der Waals surface area (Å²) in [5.74, 6) is 1.22. The molecule has 0 unspecified atom stereocenters. The Hall–Kier alpha value is -1.88. The fourth-order valence-electron chi connectivity index (χ4n) is 4.21. The Kier molecular flexibility index (Phi) is 11.4. The van der Waals surface area contributed by atoms with E-state index in [0.717, 1.165) is 76.6 Å². The lowest BCUT2D eigenvalue weighted by atomic mass is 10.1. The van der Waals surface area contributed by atoms with Crippen LogP contribution in [0.2, 0.25) is 0 Å². The molecule has 2 amide bonds. The lowest BCUT2D eigenvalue weighted by Crippen LogP contribution is -2.54. The van der Waals surface area contributed by atoms with Crippen molar-refractivity contribution in [2.75, 3.05) is 73.0 Å². The molecule has 0 atom stereocenters. The molecule has 0 saturated carbocycles. The van der Waals surface area contributed by atoms with E-state index in [2.05, 4.69) is 22.0 Å². The van der Waals surface area contributed by atoms with Crippen molar-refractivity contribution in [2.45, 2.75) is 26.2 Å². The summed E-state index contributed by atoms with van der Waals surface area (Å²) in [5, 5.41) is 3.40. The summed E-state index contributed by atoms with van der Waals surface area (Å²) >= 11 is 0. The van der Waals surface area contributed by atoms with Crippen molar-refractivity contribution in [1.82, 2.24) is 24.9 Å². The molecule has 184 valence electrons. The smallest absolute Gasteiger partial charge is 0.253 e. The second-order valence-corrected chi connectivity index (χ2v) is 8.74. The molecule has 3 rings (SSSR count). The number of halogens is 1. The number of benzene rings is 1. The molecule has 2 heterocycles. The van der Waals surface area contributed by atoms with Crippen molar-refractivity contribution in [2.24, 2.45) is 4.99 Å². The van der Waals surface area contributed by atoms with E-state index in [1.165, 1.54) is 0 Å². The minimum Gasteiger partial charge on any atom is -0.357 e. The number of nitrogens with one attached hydrogen (secondary N) is 1. The van der Waals surface area contributed by atoms with E-state index < -0.39 is 0 Å². The molecule has 0 radical (unpaired) electrons. The fourth-order valence-corrected chi connectivity index (χ4v) is 4.21. The summed E-state index contributed by atoms with van der Waals surface area (Å²) < 4.78 is 0. The molecule has 9 heteroatoms. The zero-order chi connectivity index (χ0) is 22.9. The summed E-state index contributed by atoms with van der Waals surface area (Å²) in [6, 6.07) is 7.79. The molecular weight excluding hydrogens is 531 g/mol. The number of aliphatic imine (C=N–C) groups is 1. The van der Waals surface area contributed by atoms with Gasteiger partial charge in [0.15, 0.2) is 5.96 Å². The van der Waals surface area contributed by atoms with Crippen LogP contribution < -0.4 is 5.32 Å². The first-order chi connectivity index (χ1) is 15.5. The van der Waals surface area contributed by atoms with Crippen LogP contribution in [0.4, 0.5) is 0 Å². The number of nitrogens with zero attached hydrogens (tertiary/aromatic N) is 5. The topological polar surface area (TPSA) is 71.5 Å². The van der Waals surface area contributed by atoms with Gasteiger partial charge in [-0.1, -0.05) is 12.1 Å². The highest BCUT2D eigenvalue weighted by atomic mass is 127. The van der Waals surface area contributed by atoms with Crippen LogP contribution in [0, 0.1) is 0 Å². The van der Waals surface area contributed by atoms with Gasteiger partial charge in [0, 0.05) is 72.0 Å². The summed E-state index contributed by atoms with van der Waals surface area (Å²) in [7, 11) is 3.54. The molecule has 2 fully saturated rings. The molecule has 1 N–H and O–H groups in total. The van der Waals surface area contributed by atoms with Gasteiger partial charge in [-0.05, 0) is 43.9 Å². The quantitative estimate of drug-likeness (QED) is 0.308. The first-order valence-electron chi connectivity index (χ1n) is 11.8. The number of hydrogen-bond donors (Lipinski definition) is 1. The van der Waals surface area contributed by atoms with Crippen LogP contribution in [0.3, 0.4) is 0 Å². The van der Waals surface area contributed by atoms with Crippen LogP contribution in [-0.4, -0.2) is 110 Å². The number of piperazine rings is 1. The van der Waals surface area contributed by atoms with Gasteiger partial charge in [0.25, 0.3) is 5.91 Å². The molecule has 1 aromatic carbocycles. The van der Waals surface area contributed by atoms with E-state index in [9.17, 15) is 9.59 Å². The lowest BCUT2D eigenvalue weighted by Gasteiger charge is -2.36. The molecule has 1 aromatic rings. The Morgan fingerprint density at radius 2 is 1.73 bits per heavy atom. The third-order valence-corrected chi connectivity index (χ3v) is 6.07. The zero-order valence-electron chi connectivity index (χ0n) is 20.3. The Labute approximate surface area is 215 Å². The maximum Gasteiger partial charge on any atom is 0.253 e. The number of guanidine groups is 1. The van der Waals surface area contributed by atoms with E-state index in [1.807, 2.05) is 29.2 Å². The van der Waals surface area contributed by atoms with Crippen LogP contribution >= 0.6 is 24.0 Å². The Morgan fingerprint density at radius 1 is 1.03 bits per heavy atom. The van der Waals surface area contributed by atoms with E-state index >= 15 is 0 Å². The van der Waals surface area contributed by atoms with Crippen LogP contribution in [0.1, 0.15) is 35.7 Å². The van der Waals surface area contributed by atoms with Gasteiger partial charge >= 0.3 is 0 Å². The van der Waals surface area contributed by atoms with Gasteiger partial charge in [-0.2, -0.15) is 0 Å². The predicted molar refractivity (Wildman–Crippen MR) is 143 cm³/mol. The monoisotopic (exact) mass is 570 g/mol. The minimum atomic E-state index is 0. The average Bonchev–Trinajstić information content (AvgIpc) is 3.34. The Morgan fingerprint density at radius 3 is 2.36 bits per heavy atom. The first-order valence-corrected chi connectivity index (χ1v) is 11.8. The van der Waals surface area contributed by atoms with E-state index in [-0.39, 0.29) is 35.8 Å². The third kappa shape index (κ3) is 8.13. The van der Waals surface area contributed by atoms with Crippen molar-refractivity contribution < 1.29 is 9.59 Å². The second kappa shape index (κ2) is 13.7. The predicted octanol–water partition coefficient (Wildman–Crippen LogP) is 1.75. The maximum absolute atomic E-state index is 12.4. The van der Waals surface area contributed by atoms with Gasteiger partial charge in [-0.25, -0.2) is 0 Å². The van der Waals surface area contributed by atoms with Crippen molar-refractivity contribution in [3.05, 3.63) is 35.4 Å². The average molecular weight is 571 g/mol. The lowest BCUT2D eigenvalue weighted by molar-refractivity contribution is -0.131. The highest BCUT2D eigenvalue weighted by Gasteiger charge is 2.24. The standard InChI is InChI=1S/C24H38N6O2.HI/c1-4-25-24(26-11-10-20-8-7-9-21(18-20)23(32)27(2)3)30-16-14-28(15-17-30)19-22(31)29-12-5-6-13-29;/h7-9,18H,4-6,10-17,19H2,1-3H3,(H,25,26);1H. The van der Waals surface area contributed by atoms with E-state index in [1.54, 1.807) is 19.0 Å². The third-order valence-electron chi connectivity index (χ3n) is 6.07. The van der Waals surface area contributed by atoms with Crippen molar-refractivity contribution >= 4 is 41.8 Å². The van der Waals surface area contributed by atoms with Crippen molar-refractivity contribution in [3.63, 3.8) is 0 Å². The summed E-state index contributed by atoms with van der Waals surface area (Å²) in [6.07, 6.45) is 3.06. The molecule has 2 saturated heterocycles. The highest BCUT2D eigenvalue weighted by molar-refractivity contribution is 14.0. The van der Waals surface area contributed by atoms with Crippen LogP contribution in [0.5, 0.6) is 0 Å². The molecule has 0 aliphatic carbocycles. The number of carbonyl (C=O) groups is 2. The number of likely N-dealkylation sites (tertiary alicyclic amines) is 1. The molecule has 2 aliphatic heterocycles. The molecular formula is C24H39IN6O2. The van der Waals surface area contributed by atoms with Gasteiger partial charge in [-0.3, -0.25) is 19.5 Å². The zero-order valence-corrected chi connectivity index (χ0v) is 22.6. The van der Waals surface area contributed by atoms with Crippen molar-refractivity contribution in [1.29, 1.82) is 0 Å². The van der Waals surface area contributed by atoms with Gasteiger partial charge in [0.05, 0.1) is 6.54 Å². The van der Waals surface area contributed by atoms with Crippen LogP contribution in [0.25, 0.3) is 0 Å². The number of hydrogen-bond acceptors (Lipinski definition) is 4.